The normalized spacial score (nSPS) is 10.7. The number of aryl methyl sites for hydroxylation is 1. The van der Waals surface area contributed by atoms with Crippen LogP contribution in [0, 0.1) is 6.92 Å². The van der Waals surface area contributed by atoms with Gasteiger partial charge in [-0.25, -0.2) is 5.43 Å². The van der Waals surface area contributed by atoms with Crippen molar-refractivity contribution in [1.82, 2.24) is 5.43 Å². The number of carbonyl (C=O) groups excluding carboxylic acids is 1. The van der Waals surface area contributed by atoms with E-state index in [1.54, 1.807) is 18.3 Å². The fourth-order valence-electron chi connectivity index (χ4n) is 1.66. The zero-order valence-electron chi connectivity index (χ0n) is 11.1. The second kappa shape index (κ2) is 6.87. The van der Waals surface area contributed by atoms with Crippen LogP contribution >= 0.6 is 11.6 Å². The summed E-state index contributed by atoms with van der Waals surface area (Å²) in [7, 11) is 0. The lowest BCUT2D eigenvalue weighted by molar-refractivity contribution is -0.120. The Morgan fingerprint density at radius 3 is 2.45 bits per heavy atom. The van der Waals surface area contributed by atoms with E-state index in [9.17, 15) is 4.79 Å². The minimum Gasteiger partial charge on any atom is -0.273 e. The highest BCUT2D eigenvalue weighted by atomic mass is 35.5. The van der Waals surface area contributed by atoms with Crippen molar-refractivity contribution < 1.29 is 4.79 Å². The van der Waals surface area contributed by atoms with E-state index >= 15 is 0 Å². The molecule has 3 nitrogen and oxygen atoms in total. The highest BCUT2D eigenvalue weighted by Gasteiger charge is 2.01. The van der Waals surface area contributed by atoms with Crippen molar-refractivity contribution in [2.45, 2.75) is 13.3 Å². The first kappa shape index (κ1) is 14.3. The zero-order chi connectivity index (χ0) is 14.4. The molecule has 0 aliphatic carbocycles. The Morgan fingerprint density at radius 1 is 1.15 bits per heavy atom. The molecule has 1 N–H and O–H groups in total. The van der Waals surface area contributed by atoms with Crippen molar-refractivity contribution in [3.05, 3.63) is 70.2 Å². The van der Waals surface area contributed by atoms with Gasteiger partial charge in [0.05, 0.1) is 12.6 Å². The van der Waals surface area contributed by atoms with E-state index in [2.05, 4.69) is 10.5 Å². The Bertz CT molecular complexity index is 603. The fourth-order valence-corrected chi connectivity index (χ4v) is 1.78. The molecule has 0 aliphatic heterocycles. The van der Waals surface area contributed by atoms with Gasteiger partial charge in [0.2, 0.25) is 5.91 Å². The van der Waals surface area contributed by atoms with E-state index in [1.165, 1.54) is 5.56 Å². The first-order valence-electron chi connectivity index (χ1n) is 6.26. The van der Waals surface area contributed by atoms with Crippen molar-refractivity contribution in [2.75, 3.05) is 0 Å². The predicted octanol–water partition coefficient (Wildman–Crippen LogP) is 3.34. The molecule has 2 aromatic carbocycles. The third-order valence-corrected chi connectivity index (χ3v) is 3.01. The Balaban J connectivity index is 1.85. The summed E-state index contributed by atoms with van der Waals surface area (Å²) in [5.74, 6) is -0.140. The number of halogens is 1. The van der Waals surface area contributed by atoms with Gasteiger partial charge >= 0.3 is 0 Å². The molecule has 0 radical (unpaired) electrons. The first-order chi connectivity index (χ1) is 9.63. The largest absolute Gasteiger partial charge is 0.273 e. The van der Waals surface area contributed by atoms with E-state index < -0.39 is 0 Å². The van der Waals surface area contributed by atoms with E-state index in [-0.39, 0.29) is 5.91 Å². The number of benzene rings is 2. The van der Waals surface area contributed by atoms with Crippen molar-refractivity contribution >= 4 is 23.7 Å². The average Bonchev–Trinajstić information content (AvgIpc) is 2.44. The molecule has 0 saturated carbocycles. The predicted molar refractivity (Wildman–Crippen MR) is 82.1 cm³/mol. The molecule has 0 fully saturated rings. The van der Waals surface area contributed by atoms with E-state index in [0.717, 1.165) is 11.1 Å². The monoisotopic (exact) mass is 286 g/mol. The molecular formula is C16H15ClN2O. The molecule has 0 aliphatic rings. The van der Waals surface area contributed by atoms with Crippen LogP contribution in [0.4, 0.5) is 0 Å². The lowest BCUT2D eigenvalue weighted by Crippen LogP contribution is -2.19. The van der Waals surface area contributed by atoms with E-state index in [1.807, 2.05) is 43.3 Å². The van der Waals surface area contributed by atoms with Gasteiger partial charge in [0.1, 0.15) is 0 Å². The summed E-state index contributed by atoms with van der Waals surface area (Å²) < 4.78 is 0. The fraction of sp³-hybridized carbons (Fsp3) is 0.125. The molecule has 0 saturated heterocycles. The molecule has 102 valence electrons. The van der Waals surface area contributed by atoms with E-state index in [4.69, 9.17) is 11.6 Å². The molecule has 0 heterocycles. The van der Waals surface area contributed by atoms with Gasteiger partial charge in [-0.05, 0) is 30.2 Å². The Kier molecular flexibility index (Phi) is 4.91. The topological polar surface area (TPSA) is 41.5 Å². The number of rotatable bonds is 4. The summed E-state index contributed by atoms with van der Waals surface area (Å²) >= 11 is 5.78. The Morgan fingerprint density at radius 2 is 1.80 bits per heavy atom. The van der Waals surface area contributed by atoms with Gasteiger partial charge in [-0.15, -0.1) is 0 Å². The summed E-state index contributed by atoms with van der Waals surface area (Å²) in [5, 5.41) is 4.59. The van der Waals surface area contributed by atoms with Gasteiger partial charge in [-0.3, -0.25) is 4.79 Å². The van der Waals surface area contributed by atoms with Gasteiger partial charge in [0.15, 0.2) is 0 Å². The van der Waals surface area contributed by atoms with Crippen LogP contribution in [0.5, 0.6) is 0 Å². The number of nitrogens with zero attached hydrogens (tertiary/aromatic N) is 1. The zero-order valence-corrected chi connectivity index (χ0v) is 11.9. The molecule has 1 amide bonds. The molecule has 20 heavy (non-hydrogen) atoms. The van der Waals surface area contributed by atoms with Gasteiger partial charge in [-0.2, -0.15) is 5.10 Å². The molecule has 2 aromatic rings. The first-order valence-corrected chi connectivity index (χ1v) is 6.64. The Labute approximate surface area is 123 Å². The molecule has 0 bridgehead atoms. The van der Waals surface area contributed by atoms with Gasteiger partial charge in [-0.1, -0.05) is 53.6 Å². The summed E-state index contributed by atoms with van der Waals surface area (Å²) in [6, 6.07) is 15.1. The van der Waals surface area contributed by atoms with Crippen LogP contribution in [0.25, 0.3) is 0 Å². The summed E-state index contributed by atoms with van der Waals surface area (Å²) in [6.07, 6.45) is 1.90. The smallest absolute Gasteiger partial charge is 0.244 e. The van der Waals surface area contributed by atoms with Crippen LogP contribution in [0.3, 0.4) is 0 Å². The highest BCUT2D eigenvalue weighted by Crippen LogP contribution is 2.07. The standard InChI is InChI=1S/C16H15ClN2O/c1-12-2-4-13(5-3-12)10-16(20)19-18-11-14-6-8-15(17)9-7-14/h2-9,11H,10H2,1H3,(H,19,20)/b18-11+. The Hall–Kier alpha value is -2.13. The number of hydrogen-bond donors (Lipinski definition) is 1. The number of carbonyl (C=O) groups is 1. The molecule has 0 atom stereocenters. The van der Waals surface area contributed by atoms with Gasteiger partial charge < -0.3 is 0 Å². The maximum Gasteiger partial charge on any atom is 0.244 e. The maximum absolute atomic E-state index is 11.7. The molecular weight excluding hydrogens is 272 g/mol. The van der Waals surface area contributed by atoms with Crippen LogP contribution in [0.15, 0.2) is 53.6 Å². The minimum atomic E-state index is -0.140. The van der Waals surface area contributed by atoms with Crippen molar-refractivity contribution in [3.8, 4) is 0 Å². The van der Waals surface area contributed by atoms with Crippen molar-refractivity contribution in [1.29, 1.82) is 0 Å². The van der Waals surface area contributed by atoms with Crippen LogP contribution in [-0.2, 0) is 11.2 Å². The average molecular weight is 287 g/mol. The lowest BCUT2D eigenvalue weighted by atomic mass is 10.1. The molecule has 0 unspecified atom stereocenters. The second-order valence-electron chi connectivity index (χ2n) is 4.51. The van der Waals surface area contributed by atoms with Crippen molar-refractivity contribution in [3.63, 3.8) is 0 Å². The maximum atomic E-state index is 11.7. The second-order valence-corrected chi connectivity index (χ2v) is 4.94. The minimum absolute atomic E-state index is 0.140. The molecule has 0 spiro atoms. The highest BCUT2D eigenvalue weighted by molar-refractivity contribution is 6.30. The third kappa shape index (κ3) is 4.52. The third-order valence-electron chi connectivity index (χ3n) is 2.76. The molecule has 2 rings (SSSR count). The summed E-state index contributed by atoms with van der Waals surface area (Å²) in [6.45, 7) is 2.01. The number of amides is 1. The summed E-state index contributed by atoms with van der Waals surface area (Å²) in [4.78, 5) is 11.7. The number of hydrogen-bond acceptors (Lipinski definition) is 2. The van der Waals surface area contributed by atoms with Crippen LogP contribution in [0.2, 0.25) is 5.02 Å². The lowest BCUT2D eigenvalue weighted by Gasteiger charge is -2.01. The van der Waals surface area contributed by atoms with Gasteiger partial charge in [0.25, 0.3) is 0 Å². The van der Waals surface area contributed by atoms with Crippen LogP contribution in [0.1, 0.15) is 16.7 Å². The SMILES string of the molecule is Cc1ccc(CC(=O)N/N=C/c2ccc(Cl)cc2)cc1. The quantitative estimate of drug-likeness (QED) is 0.680. The van der Waals surface area contributed by atoms with Gasteiger partial charge in [0, 0.05) is 5.02 Å². The van der Waals surface area contributed by atoms with Crippen LogP contribution in [-0.4, -0.2) is 12.1 Å². The molecule has 4 heteroatoms. The molecule has 0 aromatic heterocycles. The van der Waals surface area contributed by atoms with Crippen LogP contribution < -0.4 is 5.43 Å². The number of hydrazone groups is 1. The van der Waals surface area contributed by atoms with E-state index in [0.29, 0.717) is 11.4 Å². The number of nitrogens with one attached hydrogen (secondary N) is 1. The summed E-state index contributed by atoms with van der Waals surface area (Å²) in [5.41, 5.74) is 5.53. The van der Waals surface area contributed by atoms with Crippen molar-refractivity contribution in [2.24, 2.45) is 5.10 Å².